The zero-order chi connectivity index (χ0) is 14.7. The number of hydrogen-bond donors (Lipinski definition) is 2. The van der Waals surface area contributed by atoms with Gasteiger partial charge in [0.2, 0.25) is 5.91 Å². The summed E-state index contributed by atoms with van der Waals surface area (Å²) in [6.45, 7) is 7.32. The Hall–Kier alpha value is -1.40. The van der Waals surface area contributed by atoms with Gasteiger partial charge in [-0.15, -0.1) is 0 Å². The van der Waals surface area contributed by atoms with Crippen molar-refractivity contribution >= 4 is 5.91 Å². The van der Waals surface area contributed by atoms with E-state index >= 15 is 0 Å². The van der Waals surface area contributed by atoms with Crippen LogP contribution in [0.15, 0.2) is 12.5 Å². The molecule has 3 rings (SSSR count). The van der Waals surface area contributed by atoms with E-state index in [-0.39, 0.29) is 11.9 Å². The third kappa shape index (κ3) is 3.63. The molecule has 3 heterocycles. The highest BCUT2D eigenvalue weighted by Crippen LogP contribution is 2.19. The molecule has 0 bridgehead atoms. The normalized spacial score (nSPS) is 26.8. The van der Waals surface area contributed by atoms with Crippen molar-refractivity contribution in [3.63, 3.8) is 0 Å². The molecule has 116 valence electrons. The molecule has 2 atom stereocenters. The fourth-order valence-corrected chi connectivity index (χ4v) is 3.33. The van der Waals surface area contributed by atoms with Gasteiger partial charge < -0.3 is 20.1 Å². The molecule has 1 aromatic heterocycles. The number of aryl methyl sites for hydroxylation is 1. The molecule has 6 nitrogen and oxygen atoms in total. The Morgan fingerprint density at radius 3 is 3.10 bits per heavy atom. The van der Waals surface area contributed by atoms with Crippen LogP contribution < -0.4 is 10.6 Å². The maximum atomic E-state index is 12.6. The molecule has 2 unspecified atom stereocenters. The molecule has 2 fully saturated rings. The monoisotopic (exact) mass is 291 g/mol. The molecule has 21 heavy (non-hydrogen) atoms. The van der Waals surface area contributed by atoms with Crippen LogP contribution in [0.25, 0.3) is 0 Å². The SMILES string of the molecule is Cc1cn(CC2CCCN(C(=O)C3CNCCN3)C2)cn1. The summed E-state index contributed by atoms with van der Waals surface area (Å²) in [6.07, 6.45) is 6.26. The highest BCUT2D eigenvalue weighted by Gasteiger charge is 2.29. The first-order valence-electron chi connectivity index (χ1n) is 7.93. The second-order valence-electron chi connectivity index (χ2n) is 6.22. The first-order chi connectivity index (χ1) is 10.2. The number of piperidine rings is 1. The summed E-state index contributed by atoms with van der Waals surface area (Å²) in [7, 11) is 0. The number of hydrogen-bond acceptors (Lipinski definition) is 4. The summed E-state index contributed by atoms with van der Waals surface area (Å²) in [5, 5.41) is 6.60. The van der Waals surface area contributed by atoms with Crippen molar-refractivity contribution < 1.29 is 4.79 Å². The fraction of sp³-hybridized carbons (Fsp3) is 0.733. The molecule has 2 aliphatic heterocycles. The van der Waals surface area contributed by atoms with Crippen LogP contribution in [0.5, 0.6) is 0 Å². The number of carbonyl (C=O) groups excluding carboxylic acids is 1. The van der Waals surface area contributed by atoms with Crippen molar-refractivity contribution in [1.82, 2.24) is 25.1 Å². The summed E-state index contributed by atoms with van der Waals surface area (Å²) >= 11 is 0. The van der Waals surface area contributed by atoms with Gasteiger partial charge in [-0.1, -0.05) is 0 Å². The number of aromatic nitrogens is 2. The van der Waals surface area contributed by atoms with E-state index in [0.29, 0.717) is 5.92 Å². The fourth-order valence-electron chi connectivity index (χ4n) is 3.33. The van der Waals surface area contributed by atoms with Gasteiger partial charge in [-0.05, 0) is 25.7 Å². The molecule has 2 saturated heterocycles. The standard InChI is InChI=1S/C15H25N5O/c1-12-8-19(11-18-12)9-13-3-2-6-20(10-13)15(21)14-7-16-4-5-17-14/h8,11,13-14,16-17H,2-7,9-10H2,1H3. The van der Waals surface area contributed by atoms with Gasteiger partial charge >= 0.3 is 0 Å². The number of likely N-dealkylation sites (tertiary alicyclic amines) is 1. The van der Waals surface area contributed by atoms with Gasteiger partial charge in [0.25, 0.3) is 0 Å². The predicted molar refractivity (Wildman–Crippen MR) is 80.9 cm³/mol. The maximum absolute atomic E-state index is 12.6. The average molecular weight is 291 g/mol. The zero-order valence-corrected chi connectivity index (χ0v) is 12.7. The minimum Gasteiger partial charge on any atom is -0.341 e. The Kier molecular flexibility index (Phi) is 4.55. The van der Waals surface area contributed by atoms with Gasteiger partial charge in [0, 0.05) is 45.5 Å². The predicted octanol–water partition coefficient (Wildman–Crippen LogP) is -0.00848. The van der Waals surface area contributed by atoms with E-state index in [4.69, 9.17) is 0 Å². The van der Waals surface area contributed by atoms with Gasteiger partial charge in [-0.3, -0.25) is 4.79 Å². The summed E-state index contributed by atoms with van der Waals surface area (Å²) in [5.74, 6) is 0.793. The Balaban J connectivity index is 1.56. The van der Waals surface area contributed by atoms with E-state index in [1.165, 1.54) is 6.42 Å². The first-order valence-corrected chi connectivity index (χ1v) is 7.93. The van der Waals surface area contributed by atoms with Gasteiger partial charge in [-0.2, -0.15) is 0 Å². The van der Waals surface area contributed by atoms with Gasteiger partial charge in [0.1, 0.15) is 0 Å². The van der Waals surface area contributed by atoms with Crippen molar-refractivity contribution in [3.8, 4) is 0 Å². The number of nitrogens with one attached hydrogen (secondary N) is 2. The molecule has 1 amide bonds. The van der Waals surface area contributed by atoms with Crippen LogP contribution in [-0.2, 0) is 11.3 Å². The number of carbonyl (C=O) groups is 1. The lowest BCUT2D eigenvalue weighted by Crippen LogP contribution is -2.58. The van der Waals surface area contributed by atoms with Crippen LogP contribution >= 0.6 is 0 Å². The smallest absolute Gasteiger partial charge is 0.241 e. The van der Waals surface area contributed by atoms with Crippen molar-refractivity contribution in [1.29, 1.82) is 0 Å². The third-order valence-corrected chi connectivity index (χ3v) is 4.40. The second-order valence-corrected chi connectivity index (χ2v) is 6.22. The van der Waals surface area contributed by atoms with Gasteiger partial charge in [0.05, 0.1) is 18.1 Å². The molecule has 0 spiro atoms. The largest absolute Gasteiger partial charge is 0.341 e. The maximum Gasteiger partial charge on any atom is 0.241 e. The third-order valence-electron chi connectivity index (χ3n) is 4.40. The summed E-state index contributed by atoms with van der Waals surface area (Å²) in [4.78, 5) is 18.9. The highest BCUT2D eigenvalue weighted by molar-refractivity contribution is 5.82. The number of amides is 1. The lowest BCUT2D eigenvalue weighted by Gasteiger charge is -2.36. The first kappa shape index (κ1) is 14.5. The summed E-state index contributed by atoms with van der Waals surface area (Å²) in [6, 6.07) is -0.0482. The molecule has 1 aromatic rings. The topological polar surface area (TPSA) is 62.2 Å². The van der Waals surface area contributed by atoms with Crippen molar-refractivity contribution in [3.05, 3.63) is 18.2 Å². The van der Waals surface area contributed by atoms with Crippen molar-refractivity contribution in [2.75, 3.05) is 32.7 Å². The molecular weight excluding hydrogens is 266 g/mol. The molecule has 0 saturated carbocycles. The number of nitrogens with zero attached hydrogens (tertiary/aromatic N) is 3. The van der Waals surface area contributed by atoms with E-state index in [9.17, 15) is 4.79 Å². The van der Waals surface area contributed by atoms with Crippen molar-refractivity contribution in [2.24, 2.45) is 5.92 Å². The van der Waals surface area contributed by atoms with Gasteiger partial charge in [-0.25, -0.2) is 4.98 Å². The van der Waals surface area contributed by atoms with Gasteiger partial charge in [0.15, 0.2) is 0 Å². The number of piperazine rings is 1. The van der Waals surface area contributed by atoms with Crippen LogP contribution in [0.2, 0.25) is 0 Å². The number of rotatable bonds is 3. The van der Waals surface area contributed by atoms with E-state index < -0.39 is 0 Å². The lowest BCUT2D eigenvalue weighted by atomic mass is 9.97. The van der Waals surface area contributed by atoms with Crippen LogP contribution in [-0.4, -0.2) is 59.1 Å². The van der Waals surface area contributed by atoms with Crippen LogP contribution in [0.3, 0.4) is 0 Å². The summed E-state index contributed by atoms with van der Waals surface area (Å²) in [5.41, 5.74) is 1.05. The molecular formula is C15H25N5O. The number of imidazole rings is 1. The molecule has 6 heteroatoms. The zero-order valence-electron chi connectivity index (χ0n) is 12.7. The molecule has 0 aromatic carbocycles. The Bertz CT molecular complexity index is 480. The highest BCUT2D eigenvalue weighted by atomic mass is 16.2. The minimum absolute atomic E-state index is 0.0482. The van der Waals surface area contributed by atoms with Crippen molar-refractivity contribution in [2.45, 2.75) is 32.4 Å². The Morgan fingerprint density at radius 1 is 1.48 bits per heavy atom. The molecule has 2 N–H and O–H groups in total. The molecule has 0 radical (unpaired) electrons. The lowest BCUT2D eigenvalue weighted by molar-refractivity contribution is -0.135. The van der Waals surface area contributed by atoms with E-state index in [1.807, 2.05) is 18.2 Å². The minimum atomic E-state index is -0.0482. The Morgan fingerprint density at radius 2 is 2.38 bits per heavy atom. The quantitative estimate of drug-likeness (QED) is 0.822. The Labute approximate surface area is 125 Å². The van der Waals surface area contributed by atoms with Crippen LogP contribution in [0, 0.1) is 12.8 Å². The summed E-state index contributed by atoms with van der Waals surface area (Å²) < 4.78 is 2.15. The van der Waals surface area contributed by atoms with E-state index in [1.54, 1.807) is 0 Å². The molecule has 2 aliphatic rings. The van der Waals surface area contributed by atoms with Crippen LogP contribution in [0.1, 0.15) is 18.5 Å². The van der Waals surface area contributed by atoms with Crippen LogP contribution in [0.4, 0.5) is 0 Å². The second kappa shape index (κ2) is 6.58. The molecule has 0 aliphatic carbocycles. The van der Waals surface area contributed by atoms with E-state index in [0.717, 1.165) is 51.4 Å². The average Bonchev–Trinajstić information content (AvgIpc) is 2.93. The van der Waals surface area contributed by atoms with E-state index in [2.05, 4.69) is 26.4 Å².